The lowest BCUT2D eigenvalue weighted by atomic mass is 10.0. The van der Waals surface area contributed by atoms with E-state index in [0.29, 0.717) is 24.7 Å². The maximum absolute atomic E-state index is 11.5. The average molecular weight is 482 g/mol. The van der Waals surface area contributed by atoms with Crippen molar-refractivity contribution in [3.8, 4) is 0 Å². The number of anilines is 1. The normalized spacial score (nSPS) is 20.7. The van der Waals surface area contributed by atoms with Gasteiger partial charge >= 0.3 is 0 Å². The van der Waals surface area contributed by atoms with Crippen molar-refractivity contribution in [1.29, 1.82) is 0 Å². The standard InChI is InChI=1S/C16H26N4O3S.HI/c1-16(9-6-10-23-16)12-19-15(17-2)18-11-13-7-4-5-8-14(13)20-24(3,21)22;/h4-5,7-8,20H,6,9-12H2,1-3H3,(H2,17,18,19);1H. The Labute approximate surface area is 167 Å². The quantitative estimate of drug-likeness (QED) is 0.328. The lowest BCUT2D eigenvalue weighted by Gasteiger charge is -2.24. The summed E-state index contributed by atoms with van der Waals surface area (Å²) in [6, 6.07) is 7.27. The van der Waals surface area contributed by atoms with E-state index < -0.39 is 10.0 Å². The van der Waals surface area contributed by atoms with E-state index in [1.807, 2.05) is 12.1 Å². The van der Waals surface area contributed by atoms with Crippen molar-refractivity contribution in [3.05, 3.63) is 29.8 Å². The van der Waals surface area contributed by atoms with Gasteiger partial charge in [0, 0.05) is 26.7 Å². The van der Waals surface area contributed by atoms with E-state index in [-0.39, 0.29) is 29.6 Å². The summed E-state index contributed by atoms with van der Waals surface area (Å²) in [4.78, 5) is 4.20. The van der Waals surface area contributed by atoms with Crippen LogP contribution in [0.3, 0.4) is 0 Å². The van der Waals surface area contributed by atoms with E-state index in [1.165, 1.54) is 0 Å². The van der Waals surface area contributed by atoms with E-state index in [0.717, 1.165) is 31.3 Å². The number of aliphatic imine (C=N–C) groups is 1. The van der Waals surface area contributed by atoms with Gasteiger partial charge in [-0.2, -0.15) is 0 Å². The third kappa shape index (κ3) is 7.37. The van der Waals surface area contributed by atoms with Gasteiger partial charge in [-0.3, -0.25) is 9.71 Å². The van der Waals surface area contributed by atoms with Gasteiger partial charge in [-0.15, -0.1) is 24.0 Å². The Kier molecular flexibility index (Phi) is 8.42. The SMILES string of the molecule is CN=C(NCc1ccccc1NS(C)(=O)=O)NCC1(C)CCCO1.I. The Hall–Kier alpha value is -1.07. The molecule has 2 rings (SSSR count). The molecule has 0 amide bonds. The second-order valence-electron chi connectivity index (χ2n) is 6.21. The number of nitrogens with zero attached hydrogens (tertiary/aromatic N) is 1. The first kappa shape index (κ1) is 22.0. The highest BCUT2D eigenvalue weighted by atomic mass is 127. The minimum atomic E-state index is -3.31. The molecule has 0 saturated carbocycles. The van der Waals surface area contributed by atoms with Gasteiger partial charge in [-0.05, 0) is 31.4 Å². The first-order valence-corrected chi connectivity index (χ1v) is 9.85. The summed E-state index contributed by atoms with van der Waals surface area (Å²) in [7, 11) is -1.61. The largest absolute Gasteiger partial charge is 0.373 e. The molecule has 0 bridgehead atoms. The molecule has 25 heavy (non-hydrogen) atoms. The zero-order valence-electron chi connectivity index (χ0n) is 14.8. The fraction of sp³-hybridized carbons (Fsp3) is 0.562. The third-order valence-electron chi connectivity index (χ3n) is 3.91. The van der Waals surface area contributed by atoms with Crippen LogP contribution in [0.25, 0.3) is 0 Å². The van der Waals surface area contributed by atoms with Crippen molar-refractivity contribution in [2.75, 3.05) is 31.2 Å². The molecule has 7 nitrogen and oxygen atoms in total. The number of hydrogen-bond acceptors (Lipinski definition) is 4. The molecule has 1 unspecified atom stereocenters. The smallest absolute Gasteiger partial charge is 0.229 e. The molecular weight excluding hydrogens is 455 g/mol. The van der Waals surface area contributed by atoms with Crippen LogP contribution in [0, 0.1) is 0 Å². The molecule has 1 fully saturated rings. The number of ether oxygens (including phenoxy) is 1. The predicted octanol–water partition coefficient (Wildman–Crippen LogP) is 1.91. The van der Waals surface area contributed by atoms with E-state index in [4.69, 9.17) is 4.74 Å². The maximum Gasteiger partial charge on any atom is 0.229 e. The summed E-state index contributed by atoms with van der Waals surface area (Å²) in [5, 5.41) is 6.47. The summed E-state index contributed by atoms with van der Waals surface area (Å²) in [6.07, 6.45) is 3.24. The summed E-state index contributed by atoms with van der Waals surface area (Å²) < 4.78 is 31.2. The van der Waals surface area contributed by atoms with Crippen LogP contribution in [0.15, 0.2) is 29.3 Å². The van der Waals surface area contributed by atoms with Gasteiger partial charge in [0.25, 0.3) is 0 Å². The van der Waals surface area contributed by atoms with E-state index in [9.17, 15) is 8.42 Å². The van der Waals surface area contributed by atoms with Crippen LogP contribution in [0.1, 0.15) is 25.3 Å². The van der Waals surface area contributed by atoms with Crippen LogP contribution in [0.2, 0.25) is 0 Å². The monoisotopic (exact) mass is 482 g/mol. The Morgan fingerprint density at radius 3 is 2.64 bits per heavy atom. The molecule has 1 heterocycles. The zero-order valence-corrected chi connectivity index (χ0v) is 18.0. The number of guanidine groups is 1. The molecule has 1 atom stereocenters. The molecule has 1 aromatic carbocycles. The molecular formula is C16H27IN4O3S. The molecule has 0 radical (unpaired) electrons. The molecule has 1 aliphatic rings. The number of nitrogens with one attached hydrogen (secondary N) is 3. The molecule has 0 spiro atoms. The number of sulfonamides is 1. The Morgan fingerprint density at radius 1 is 1.32 bits per heavy atom. The summed E-state index contributed by atoms with van der Waals surface area (Å²) >= 11 is 0. The van der Waals surface area contributed by atoms with Gasteiger partial charge in [0.05, 0.1) is 17.5 Å². The molecule has 0 aromatic heterocycles. The van der Waals surface area contributed by atoms with Gasteiger partial charge in [-0.25, -0.2) is 8.42 Å². The van der Waals surface area contributed by atoms with Gasteiger partial charge in [0.15, 0.2) is 5.96 Å². The number of halogens is 1. The second-order valence-corrected chi connectivity index (χ2v) is 7.96. The molecule has 0 aliphatic carbocycles. The first-order chi connectivity index (χ1) is 11.3. The number of para-hydroxylation sites is 1. The number of benzene rings is 1. The maximum atomic E-state index is 11.5. The molecule has 1 aromatic rings. The Balaban J connectivity index is 0.00000312. The average Bonchev–Trinajstić information content (AvgIpc) is 2.94. The lowest BCUT2D eigenvalue weighted by molar-refractivity contribution is 0.0243. The molecule has 142 valence electrons. The summed E-state index contributed by atoms with van der Waals surface area (Å²) in [6.45, 7) is 4.02. The molecule has 1 saturated heterocycles. The minimum absolute atomic E-state index is 0. The van der Waals surface area contributed by atoms with Crippen LogP contribution in [-0.4, -0.2) is 46.4 Å². The van der Waals surface area contributed by atoms with Gasteiger partial charge in [0.1, 0.15) is 0 Å². The van der Waals surface area contributed by atoms with E-state index >= 15 is 0 Å². The summed E-state index contributed by atoms with van der Waals surface area (Å²) in [5.74, 6) is 0.654. The number of rotatable bonds is 6. The highest BCUT2D eigenvalue weighted by molar-refractivity contribution is 14.0. The minimum Gasteiger partial charge on any atom is -0.373 e. The van der Waals surface area contributed by atoms with Crippen molar-refractivity contribution >= 4 is 45.6 Å². The molecule has 3 N–H and O–H groups in total. The van der Waals surface area contributed by atoms with Crippen LogP contribution < -0.4 is 15.4 Å². The predicted molar refractivity (Wildman–Crippen MR) is 112 cm³/mol. The number of hydrogen-bond donors (Lipinski definition) is 3. The fourth-order valence-corrected chi connectivity index (χ4v) is 3.22. The van der Waals surface area contributed by atoms with Crippen molar-refractivity contribution in [2.45, 2.75) is 31.9 Å². The van der Waals surface area contributed by atoms with Crippen molar-refractivity contribution < 1.29 is 13.2 Å². The van der Waals surface area contributed by atoms with Gasteiger partial charge < -0.3 is 15.4 Å². The van der Waals surface area contributed by atoms with Crippen LogP contribution >= 0.6 is 24.0 Å². The van der Waals surface area contributed by atoms with Crippen LogP contribution in [-0.2, 0) is 21.3 Å². The second kappa shape index (κ2) is 9.58. The molecule has 1 aliphatic heterocycles. The third-order valence-corrected chi connectivity index (χ3v) is 4.50. The highest BCUT2D eigenvalue weighted by Gasteiger charge is 2.29. The van der Waals surface area contributed by atoms with Gasteiger partial charge in [0.2, 0.25) is 10.0 Å². The highest BCUT2D eigenvalue weighted by Crippen LogP contribution is 2.23. The van der Waals surface area contributed by atoms with Crippen molar-refractivity contribution in [1.82, 2.24) is 10.6 Å². The first-order valence-electron chi connectivity index (χ1n) is 7.95. The Bertz CT molecular complexity index is 688. The van der Waals surface area contributed by atoms with Gasteiger partial charge in [-0.1, -0.05) is 18.2 Å². The van der Waals surface area contributed by atoms with Crippen LogP contribution in [0.5, 0.6) is 0 Å². The summed E-state index contributed by atoms with van der Waals surface area (Å²) in [5.41, 5.74) is 1.25. The lowest BCUT2D eigenvalue weighted by Crippen LogP contribution is -2.45. The topological polar surface area (TPSA) is 91.8 Å². The van der Waals surface area contributed by atoms with E-state index in [1.54, 1.807) is 19.2 Å². The fourth-order valence-electron chi connectivity index (χ4n) is 2.62. The van der Waals surface area contributed by atoms with Crippen molar-refractivity contribution in [3.63, 3.8) is 0 Å². The van der Waals surface area contributed by atoms with Crippen LogP contribution in [0.4, 0.5) is 5.69 Å². The zero-order chi connectivity index (χ0) is 17.6. The molecule has 9 heteroatoms. The van der Waals surface area contributed by atoms with Crippen molar-refractivity contribution in [2.24, 2.45) is 4.99 Å². The Morgan fingerprint density at radius 2 is 2.04 bits per heavy atom. The van der Waals surface area contributed by atoms with E-state index in [2.05, 4.69) is 27.3 Å².